The van der Waals surface area contributed by atoms with E-state index in [2.05, 4.69) is 15.2 Å². The van der Waals surface area contributed by atoms with E-state index in [4.69, 9.17) is 4.74 Å². The normalized spacial score (nSPS) is 20.1. The van der Waals surface area contributed by atoms with Crippen LogP contribution in [0.25, 0.3) is 0 Å². The van der Waals surface area contributed by atoms with Crippen LogP contribution in [0, 0.1) is 0 Å². The smallest absolute Gasteiger partial charge is 0.288 e. The number of hydrogen-bond acceptors (Lipinski definition) is 7. The molecule has 0 unspecified atom stereocenters. The molecule has 0 saturated carbocycles. The predicted octanol–water partition coefficient (Wildman–Crippen LogP) is 4.29. The van der Waals surface area contributed by atoms with Gasteiger partial charge in [-0.25, -0.2) is 4.99 Å². The maximum absolute atomic E-state index is 13.3. The average Bonchev–Trinajstić information content (AvgIpc) is 3.13. The molecule has 1 N–H and O–H groups in total. The summed E-state index contributed by atoms with van der Waals surface area (Å²) in [6.45, 7) is 4.04. The number of amidine groups is 1. The van der Waals surface area contributed by atoms with Gasteiger partial charge < -0.3 is 10.1 Å². The number of thioether (sulfide) groups is 2. The number of carbonyl (C=O) groups is 2. The Morgan fingerprint density at radius 3 is 2.51 bits per heavy atom. The summed E-state index contributed by atoms with van der Waals surface area (Å²) in [5.41, 5.74) is 1.23. The number of alkyl halides is 2. The summed E-state index contributed by atoms with van der Waals surface area (Å²) in [7, 11) is 0. The third kappa shape index (κ3) is 7.50. The lowest BCUT2D eigenvalue weighted by Gasteiger charge is -2.28. The molecule has 0 aliphatic carbocycles. The topological polar surface area (TPSA) is 74.2 Å². The second-order valence-electron chi connectivity index (χ2n) is 7.94. The van der Waals surface area contributed by atoms with Crippen molar-refractivity contribution >= 4 is 51.9 Å². The van der Waals surface area contributed by atoms with E-state index in [0.717, 1.165) is 13.1 Å². The van der Waals surface area contributed by atoms with Crippen LogP contribution in [-0.2, 0) is 14.3 Å². The van der Waals surface area contributed by atoms with Crippen molar-refractivity contribution in [3.63, 3.8) is 0 Å². The molecule has 2 amide bonds. The van der Waals surface area contributed by atoms with Gasteiger partial charge in [-0.3, -0.25) is 19.4 Å². The van der Waals surface area contributed by atoms with Crippen molar-refractivity contribution < 1.29 is 23.1 Å². The lowest BCUT2D eigenvalue weighted by Crippen LogP contribution is -2.43. The number of hydrogen-bond donors (Lipinski definition) is 1. The first-order chi connectivity index (χ1) is 17.0. The molecule has 0 spiro atoms. The summed E-state index contributed by atoms with van der Waals surface area (Å²) in [6.07, 6.45) is 0.0232. The van der Waals surface area contributed by atoms with Gasteiger partial charge in [0.05, 0.1) is 18.9 Å². The van der Waals surface area contributed by atoms with Crippen LogP contribution in [0.2, 0.25) is 0 Å². The number of nitrogens with one attached hydrogen (secondary N) is 1. The van der Waals surface area contributed by atoms with E-state index in [1.54, 1.807) is 41.3 Å². The zero-order chi connectivity index (χ0) is 24.6. The van der Waals surface area contributed by atoms with Gasteiger partial charge in [0.1, 0.15) is 5.25 Å². The molecule has 186 valence electrons. The summed E-state index contributed by atoms with van der Waals surface area (Å²) in [5.74, 6) is -2.89. The number of anilines is 1. The summed E-state index contributed by atoms with van der Waals surface area (Å²) >= 11 is 1.73. The Morgan fingerprint density at radius 2 is 1.83 bits per heavy atom. The molecule has 2 saturated heterocycles. The van der Waals surface area contributed by atoms with E-state index < -0.39 is 11.0 Å². The third-order valence-corrected chi connectivity index (χ3v) is 7.38. The zero-order valence-corrected chi connectivity index (χ0v) is 20.6. The highest BCUT2D eigenvalue weighted by Gasteiger charge is 2.39. The number of halogens is 2. The van der Waals surface area contributed by atoms with E-state index in [1.807, 2.05) is 18.2 Å². The molecule has 7 nitrogen and oxygen atoms in total. The first-order valence-corrected chi connectivity index (χ1v) is 13.0. The lowest BCUT2D eigenvalue weighted by atomic mass is 10.2. The van der Waals surface area contributed by atoms with Gasteiger partial charge in [-0.05, 0) is 36.4 Å². The van der Waals surface area contributed by atoms with Gasteiger partial charge in [0, 0.05) is 43.2 Å². The fourth-order valence-electron chi connectivity index (χ4n) is 3.71. The Bertz CT molecular complexity index is 1030. The molecule has 2 aromatic rings. The molecule has 4 rings (SSSR count). The third-order valence-electron chi connectivity index (χ3n) is 5.48. The summed E-state index contributed by atoms with van der Waals surface area (Å²) < 4.78 is 30.6. The van der Waals surface area contributed by atoms with Crippen molar-refractivity contribution in [1.29, 1.82) is 0 Å². The Kier molecular flexibility index (Phi) is 9.13. The van der Waals surface area contributed by atoms with E-state index in [1.165, 1.54) is 11.8 Å². The van der Waals surface area contributed by atoms with Crippen LogP contribution in [0.1, 0.15) is 6.42 Å². The predicted molar refractivity (Wildman–Crippen MR) is 135 cm³/mol. The summed E-state index contributed by atoms with van der Waals surface area (Å²) in [6, 6.07) is 15.6. The number of para-hydroxylation sites is 1. The van der Waals surface area contributed by atoms with Crippen molar-refractivity contribution in [1.82, 2.24) is 9.80 Å². The van der Waals surface area contributed by atoms with Gasteiger partial charge in [-0.2, -0.15) is 8.78 Å². The highest BCUT2D eigenvalue weighted by Crippen LogP contribution is 2.33. The van der Waals surface area contributed by atoms with Gasteiger partial charge in [-0.15, -0.1) is 0 Å². The number of benzene rings is 2. The van der Waals surface area contributed by atoms with Gasteiger partial charge in [0.15, 0.2) is 5.17 Å². The number of ether oxygens (including phenoxy) is 1. The van der Waals surface area contributed by atoms with E-state index in [0.29, 0.717) is 59.5 Å². The van der Waals surface area contributed by atoms with Crippen LogP contribution in [0.3, 0.4) is 0 Å². The molecule has 2 heterocycles. The van der Waals surface area contributed by atoms with Crippen molar-refractivity contribution in [3.8, 4) is 0 Å². The fraction of sp³-hybridized carbons (Fsp3) is 0.375. The average molecular weight is 521 g/mol. The highest BCUT2D eigenvalue weighted by atomic mass is 32.2. The Morgan fingerprint density at radius 1 is 1.11 bits per heavy atom. The van der Waals surface area contributed by atoms with Crippen LogP contribution >= 0.6 is 23.5 Å². The zero-order valence-electron chi connectivity index (χ0n) is 18.9. The number of rotatable bonds is 9. The van der Waals surface area contributed by atoms with Gasteiger partial charge in [0.2, 0.25) is 11.8 Å². The molecular weight excluding hydrogens is 494 g/mol. The first-order valence-electron chi connectivity index (χ1n) is 11.2. The number of nitrogens with zero attached hydrogens (tertiary/aromatic N) is 3. The molecule has 2 aromatic carbocycles. The van der Waals surface area contributed by atoms with E-state index in [9.17, 15) is 18.4 Å². The van der Waals surface area contributed by atoms with Gasteiger partial charge >= 0.3 is 0 Å². The monoisotopic (exact) mass is 520 g/mol. The fourth-order valence-corrected chi connectivity index (χ4v) is 5.39. The second kappa shape index (κ2) is 12.5. The van der Waals surface area contributed by atoms with Crippen LogP contribution in [0.4, 0.5) is 20.2 Å². The molecule has 11 heteroatoms. The van der Waals surface area contributed by atoms with Crippen LogP contribution in [-0.4, -0.2) is 77.2 Å². The number of amides is 2. The molecule has 2 aliphatic rings. The van der Waals surface area contributed by atoms with Crippen LogP contribution in [0.15, 0.2) is 64.5 Å². The minimum atomic E-state index is -2.49. The highest BCUT2D eigenvalue weighted by molar-refractivity contribution is 8.15. The van der Waals surface area contributed by atoms with Crippen LogP contribution in [0.5, 0.6) is 0 Å². The van der Waals surface area contributed by atoms with Crippen molar-refractivity contribution in [3.05, 3.63) is 54.6 Å². The quantitative estimate of drug-likeness (QED) is 0.497. The molecule has 2 aliphatic heterocycles. The maximum Gasteiger partial charge on any atom is 0.288 e. The molecule has 2 fully saturated rings. The molecule has 0 aromatic heterocycles. The number of carbonyl (C=O) groups excluding carboxylic acids is 2. The largest absolute Gasteiger partial charge is 0.379 e. The van der Waals surface area contributed by atoms with Crippen molar-refractivity contribution in [2.24, 2.45) is 4.99 Å². The summed E-state index contributed by atoms with van der Waals surface area (Å²) in [4.78, 5) is 34.8. The minimum absolute atomic E-state index is 0.0232. The SMILES string of the molecule is O=C(C[C@H]1SC(=Nc2ccc(SC(F)F)cc2)N(CCN2CCOCC2)C1=O)Nc1ccccc1. The Hall–Kier alpha value is -2.47. The standard InChI is InChI=1S/C24H26F2N4O3S2/c25-23(26)34-19-8-6-18(7-9-19)28-24-30(11-10-29-12-14-33-15-13-29)22(32)20(35-24)16-21(31)27-17-4-2-1-3-5-17/h1-9,20,23H,10-16H2,(H,27,31)/t20-/m1/s1. The first kappa shape index (κ1) is 25.6. The Balaban J connectivity index is 1.46. The minimum Gasteiger partial charge on any atom is -0.379 e. The Labute approximate surface area is 211 Å². The number of morpholine rings is 1. The van der Waals surface area contributed by atoms with Crippen LogP contribution < -0.4 is 5.32 Å². The van der Waals surface area contributed by atoms with E-state index >= 15 is 0 Å². The van der Waals surface area contributed by atoms with Crippen molar-refractivity contribution in [2.75, 3.05) is 44.7 Å². The molecule has 0 bridgehead atoms. The summed E-state index contributed by atoms with van der Waals surface area (Å²) in [5, 5.41) is 2.75. The van der Waals surface area contributed by atoms with E-state index in [-0.39, 0.29) is 18.2 Å². The van der Waals surface area contributed by atoms with Crippen molar-refractivity contribution in [2.45, 2.75) is 22.3 Å². The van der Waals surface area contributed by atoms with Gasteiger partial charge in [0.25, 0.3) is 5.76 Å². The van der Waals surface area contributed by atoms with Gasteiger partial charge in [-0.1, -0.05) is 41.7 Å². The maximum atomic E-state index is 13.3. The molecule has 1 atom stereocenters. The molecule has 35 heavy (non-hydrogen) atoms. The molecule has 0 radical (unpaired) electrons. The second-order valence-corrected chi connectivity index (χ2v) is 10.2. The lowest BCUT2D eigenvalue weighted by molar-refractivity contribution is -0.128. The molecular formula is C24H26F2N4O3S2. The number of aliphatic imine (C=N–C) groups is 1.